The molecule has 1 aliphatic carbocycles. The summed E-state index contributed by atoms with van der Waals surface area (Å²) >= 11 is 1.50. The van der Waals surface area contributed by atoms with Gasteiger partial charge in [-0.1, -0.05) is 31.0 Å². The van der Waals surface area contributed by atoms with Crippen molar-refractivity contribution in [3.05, 3.63) is 18.4 Å². The van der Waals surface area contributed by atoms with Gasteiger partial charge in [0.15, 0.2) is 10.9 Å². The second kappa shape index (κ2) is 8.94. The summed E-state index contributed by atoms with van der Waals surface area (Å²) in [6.45, 7) is -1.12. The summed E-state index contributed by atoms with van der Waals surface area (Å²) in [7, 11) is 0. The molecular weight excluding hydrogens is 367 g/mol. The number of rotatable bonds is 8. The topological polar surface area (TPSA) is 53.1 Å². The van der Waals surface area contributed by atoms with Crippen molar-refractivity contribution in [2.45, 2.75) is 55.9 Å². The maximum atomic E-state index is 12.1. The van der Waals surface area contributed by atoms with Gasteiger partial charge in [-0.05, 0) is 31.4 Å². The number of aromatic nitrogens is 3. The molecule has 3 rings (SSSR count). The van der Waals surface area contributed by atoms with Crippen LogP contribution < -0.4 is 0 Å². The summed E-state index contributed by atoms with van der Waals surface area (Å²) in [4.78, 5) is 0. The molecule has 0 N–H and O–H groups in total. The molecule has 1 saturated carbocycles. The molecule has 1 fully saturated rings. The summed E-state index contributed by atoms with van der Waals surface area (Å²) in [5, 5.41) is 9.39. The zero-order valence-electron chi connectivity index (χ0n) is 14.4. The van der Waals surface area contributed by atoms with Gasteiger partial charge in [0.1, 0.15) is 6.61 Å². The Morgan fingerprint density at radius 3 is 2.73 bits per heavy atom. The third kappa shape index (κ3) is 5.26. The van der Waals surface area contributed by atoms with E-state index in [4.69, 9.17) is 4.42 Å². The Labute approximate surface area is 154 Å². The number of nitrogens with zero attached hydrogens (tertiary/aromatic N) is 3. The predicted molar refractivity (Wildman–Crippen MR) is 92.1 cm³/mol. The van der Waals surface area contributed by atoms with Crippen LogP contribution in [0.4, 0.5) is 13.2 Å². The molecule has 0 unspecified atom stereocenters. The molecule has 9 heteroatoms. The van der Waals surface area contributed by atoms with E-state index in [2.05, 4.69) is 19.5 Å². The van der Waals surface area contributed by atoms with Crippen molar-refractivity contribution in [2.24, 2.45) is 0 Å². The Hall–Kier alpha value is -1.48. The minimum atomic E-state index is -4.27. The van der Waals surface area contributed by atoms with Crippen molar-refractivity contribution in [1.29, 1.82) is 0 Å². The predicted octanol–water partition coefficient (Wildman–Crippen LogP) is 5.10. The van der Waals surface area contributed by atoms with Crippen molar-refractivity contribution in [3.8, 4) is 11.6 Å². The van der Waals surface area contributed by atoms with Gasteiger partial charge in [0, 0.05) is 18.4 Å². The van der Waals surface area contributed by atoms with E-state index in [9.17, 15) is 13.2 Å². The number of halogens is 3. The Morgan fingerprint density at radius 2 is 2.04 bits per heavy atom. The van der Waals surface area contributed by atoms with Crippen molar-refractivity contribution < 1.29 is 22.3 Å². The van der Waals surface area contributed by atoms with Gasteiger partial charge in [0.25, 0.3) is 0 Å². The third-order valence-corrected chi connectivity index (χ3v) is 5.31. The van der Waals surface area contributed by atoms with E-state index in [-0.39, 0.29) is 6.61 Å². The van der Waals surface area contributed by atoms with Gasteiger partial charge in [-0.2, -0.15) is 13.2 Å². The molecule has 144 valence electrons. The molecule has 0 spiro atoms. The fourth-order valence-corrected chi connectivity index (χ4v) is 4.05. The first kappa shape index (κ1) is 19.3. The lowest BCUT2D eigenvalue weighted by Crippen LogP contribution is -2.17. The second-order valence-corrected chi connectivity index (χ2v) is 7.38. The van der Waals surface area contributed by atoms with Crippen LogP contribution in [0.25, 0.3) is 11.6 Å². The van der Waals surface area contributed by atoms with Gasteiger partial charge in [-0.3, -0.25) is 4.57 Å². The maximum absolute atomic E-state index is 12.1. The molecule has 0 radical (unpaired) electrons. The zero-order valence-corrected chi connectivity index (χ0v) is 15.2. The quantitative estimate of drug-likeness (QED) is 0.464. The Balaban J connectivity index is 1.61. The number of ether oxygens (including phenoxy) is 1. The summed E-state index contributed by atoms with van der Waals surface area (Å²) in [6.07, 6.45) is 3.61. The van der Waals surface area contributed by atoms with Crippen LogP contribution in [0.3, 0.4) is 0 Å². The largest absolute Gasteiger partial charge is 0.461 e. The van der Waals surface area contributed by atoms with Crippen LogP contribution in [-0.2, 0) is 4.74 Å². The average molecular weight is 389 g/mol. The number of hydrogen-bond donors (Lipinski definition) is 0. The average Bonchev–Trinajstić information content (AvgIpc) is 3.27. The Kier molecular flexibility index (Phi) is 6.63. The standard InChI is InChI=1S/C17H22F3N3O2S/c18-17(19,20)12-24-9-5-11-26-16-22-21-15(14-8-4-10-25-14)23(16)13-6-2-1-3-7-13/h4,8,10,13H,1-3,5-7,9,11-12H2. The minimum absolute atomic E-state index is 0.0785. The number of furan rings is 1. The van der Waals surface area contributed by atoms with E-state index in [0.717, 1.165) is 23.8 Å². The SMILES string of the molecule is FC(F)(F)COCCCSc1nnc(-c2ccco2)n1C1CCCCC1. The van der Waals surface area contributed by atoms with Crippen molar-refractivity contribution >= 4 is 11.8 Å². The van der Waals surface area contributed by atoms with E-state index in [1.54, 1.807) is 6.26 Å². The Morgan fingerprint density at radius 1 is 1.23 bits per heavy atom. The molecule has 0 aliphatic heterocycles. The van der Waals surface area contributed by atoms with Gasteiger partial charge in [0.2, 0.25) is 5.82 Å². The van der Waals surface area contributed by atoms with E-state index in [1.807, 2.05) is 12.1 Å². The van der Waals surface area contributed by atoms with E-state index >= 15 is 0 Å². The lowest BCUT2D eigenvalue weighted by Gasteiger charge is -2.25. The lowest BCUT2D eigenvalue weighted by atomic mass is 9.95. The molecule has 0 atom stereocenters. The molecule has 2 aromatic rings. The molecule has 0 bridgehead atoms. The molecule has 26 heavy (non-hydrogen) atoms. The molecule has 0 saturated heterocycles. The van der Waals surface area contributed by atoms with Crippen molar-refractivity contribution in [1.82, 2.24) is 14.8 Å². The number of hydrogen-bond acceptors (Lipinski definition) is 5. The van der Waals surface area contributed by atoms with Gasteiger partial charge in [0.05, 0.1) is 6.26 Å². The van der Waals surface area contributed by atoms with Crippen LogP contribution in [0, 0.1) is 0 Å². The van der Waals surface area contributed by atoms with Gasteiger partial charge >= 0.3 is 6.18 Å². The summed E-state index contributed by atoms with van der Waals surface area (Å²) < 4.78 is 48.5. The number of alkyl halides is 3. The fraction of sp³-hybridized carbons (Fsp3) is 0.647. The normalized spacial score (nSPS) is 16.3. The monoisotopic (exact) mass is 389 g/mol. The van der Waals surface area contributed by atoms with Gasteiger partial charge < -0.3 is 9.15 Å². The maximum Gasteiger partial charge on any atom is 0.411 e. The minimum Gasteiger partial charge on any atom is -0.461 e. The van der Waals surface area contributed by atoms with E-state index in [1.165, 1.54) is 31.0 Å². The van der Waals surface area contributed by atoms with Crippen molar-refractivity contribution in [2.75, 3.05) is 19.0 Å². The molecule has 1 aliphatic rings. The van der Waals surface area contributed by atoms with E-state index < -0.39 is 12.8 Å². The van der Waals surface area contributed by atoms with Crippen LogP contribution in [0.2, 0.25) is 0 Å². The summed E-state index contributed by atoms with van der Waals surface area (Å²) in [5.74, 6) is 2.03. The van der Waals surface area contributed by atoms with Crippen LogP contribution in [0.1, 0.15) is 44.6 Å². The summed E-state index contributed by atoms with van der Waals surface area (Å²) in [5.41, 5.74) is 0. The smallest absolute Gasteiger partial charge is 0.411 e. The lowest BCUT2D eigenvalue weighted by molar-refractivity contribution is -0.173. The third-order valence-electron chi connectivity index (χ3n) is 4.28. The molecule has 0 aromatic carbocycles. The van der Waals surface area contributed by atoms with Gasteiger partial charge in [-0.25, -0.2) is 0 Å². The zero-order chi connectivity index (χ0) is 18.4. The molecular formula is C17H22F3N3O2S. The summed E-state index contributed by atoms with van der Waals surface area (Å²) in [6, 6.07) is 4.02. The highest BCUT2D eigenvalue weighted by Crippen LogP contribution is 2.35. The fourth-order valence-electron chi connectivity index (χ4n) is 3.13. The molecule has 2 heterocycles. The van der Waals surface area contributed by atoms with Gasteiger partial charge in [-0.15, -0.1) is 10.2 Å². The molecule has 5 nitrogen and oxygen atoms in total. The first-order valence-electron chi connectivity index (χ1n) is 8.80. The van der Waals surface area contributed by atoms with Crippen molar-refractivity contribution in [3.63, 3.8) is 0 Å². The Bertz CT molecular complexity index is 667. The number of thioether (sulfide) groups is 1. The molecule has 0 amide bonds. The molecule has 2 aromatic heterocycles. The first-order valence-corrected chi connectivity index (χ1v) is 9.79. The highest BCUT2D eigenvalue weighted by molar-refractivity contribution is 7.99. The van der Waals surface area contributed by atoms with Crippen LogP contribution in [0.5, 0.6) is 0 Å². The highest BCUT2D eigenvalue weighted by Gasteiger charge is 2.27. The van der Waals surface area contributed by atoms with Crippen LogP contribution in [0.15, 0.2) is 28.0 Å². The first-order chi connectivity index (χ1) is 12.5. The van der Waals surface area contributed by atoms with E-state index in [0.29, 0.717) is 24.0 Å². The highest BCUT2D eigenvalue weighted by atomic mass is 32.2. The second-order valence-electron chi connectivity index (χ2n) is 6.32. The van der Waals surface area contributed by atoms with Crippen LogP contribution in [-0.4, -0.2) is 39.9 Å². The van der Waals surface area contributed by atoms with Crippen LogP contribution >= 0.6 is 11.8 Å².